The summed E-state index contributed by atoms with van der Waals surface area (Å²) in [4.78, 5) is 11.9. The predicted octanol–water partition coefficient (Wildman–Crippen LogP) is 4.22. The number of fused-ring (bicyclic) bond motifs is 1. The van der Waals surface area contributed by atoms with Crippen molar-refractivity contribution in [2.75, 3.05) is 18.0 Å². The monoisotopic (exact) mass is 438 g/mol. The summed E-state index contributed by atoms with van der Waals surface area (Å²) >= 11 is 7.78. The Hall–Kier alpha value is -2.22. The number of aromatic nitrogens is 4. The number of halogens is 1. The maximum Gasteiger partial charge on any atom is 0.245 e. The molecule has 1 saturated heterocycles. The molecule has 3 heterocycles. The van der Waals surface area contributed by atoms with E-state index in [0.29, 0.717) is 16.0 Å². The van der Waals surface area contributed by atoms with Crippen molar-refractivity contribution in [2.45, 2.75) is 42.1 Å². The number of piperidine rings is 1. The van der Waals surface area contributed by atoms with E-state index in [2.05, 4.69) is 49.3 Å². The first-order valence-electron chi connectivity index (χ1n) is 10.1. The third-order valence-corrected chi connectivity index (χ3v) is 7.95. The lowest BCUT2D eigenvalue weighted by molar-refractivity contribution is 0.186. The minimum Gasteiger partial charge on any atom is -0.339 e. The second-order valence-corrected chi connectivity index (χ2v) is 9.55. The normalized spacial score (nSPS) is 19.8. The standard InChI is InChI=1S/C22H23ClN6S/c1-14-19(23)17(6-9-25-14)30-18-13-26-21(28-27-18)29-10-7-22(8-11-29)12-15-4-2-3-5-16(15)20(22)24/h2-6,9,13,20H,7-8,10-12,24H2,1H3/t20-/m1/s1. The second kappa shape index (κ2) is 7.80. The van der Waals surface area contributed by atoms with Gasteiger partial charge in [0.15, 0.2) is 0 Å². The van der Waals surface area contributed by atoms with Gasteiger partial charge in [0.05, 0.1) is 16.9 Å². The third kappa shape index (κ3) is 3.45. The molecule has 5 rings (SSSR count). The first-order chi connectivity index (χ1) is 14.6. The second-order valence-electron chi connectivity index (χ2n) is 8.11. The fourth-order valence-corrected chi connectivity index (χ4v) is 5.63. The molecule has 1 aliphatic carbocycles. The van der Waals surface area contributed by atoms with Gasteiger partial charge in [-0.05, 0) is 48.8 Å². The molecular formula is C22H23ClN6S. The molecule has 0 bridgehead atoms. The zero-order chi connectivity index (χ0) is 20.7. The van der Waals surface area contributed by atoms with E-state index in [-0.39, 0.29) is 11.5 Å². The van der Waals surface area contributed by atoms with Crippen molar-refractivity contribution in [3.8, 4) is 0 Å². The predicted molar refractivity (Wildman–Crippen MR) is 119 cm³/mol. The highest BCUT2D eigenvalue weighted by atomic mass is 35.5. The van der Waals surface area contributed by atoms with Crippen LogP contribution in [0.1, 0.15) is 35.7 Å². The smallest absolute Gasteiger partial charge is 0.245 e. The van der Waals surface area contributed by atoms with Gasteiger partial charge in [-0.3, -0.25) is 4.98 Å². The van der Waals surface area contributed by atoms with Crippen LogP contribution in [-0.2, 0) is 6.42 Å². The first kappa shape index (κ1) is 19.7. The lowest BCUT2D eigenvalue weighted by Gasteiger charge is -2.42. The van der Waals surface area contributed by atoms with Crippen LogP contribution < -0.4 is 10.6 Å². The molecule has 6 nitrogen and oxygen atoms in total. The summed E-state index contributed by atoms with van der Waals surface area (Å²) in [6, 6.07) is 10.6. The SMILES string of the molecule is Cc1nccc(Sc2cnc(N3CCC4(CC3)Cc3ccccc3[C@H]4N)nn2)c1Cl. The number of pyridine rings is 1. The number of hydrogen-bond acceptors (Lipinski definition) is 7. The molecule has 0 unspecified atom stereocenters. The van der Waals surface area contributed by atoms with Crippen molar-refractivity contribution >= 4 is 29.3 Å². The molecule has 1 aliphatic heterocycles. The van der Waals surface area contributed by atoms with Gasteiger partial charge < -0.3 is 10.6 Å². The van der Waals surface area contributed by atoms with Crippen LogP contribution in [0.4, 0.5) is 5.95 Å². The summed E-state index contributed by atoms with van der Waals surface area (Å²) < 4.78 is 0. The van der Waals surface area contributed by atoms with Crippen LogP contribution in [0.2, 0.25) is 5.02 Å². The Balaban J connectivity index is 1.26. The van der Waals surface area contributed by atoms with E-state index in [1.165, 1.54) is 22.9 Å². The average molecular weight is 439 g/mol. The number of aryl methyl sites for hydroxylation is 1. The lowest BCUT2D eigenvalue weighted by atomic mass is 9.73. The molecule has 30 heavy (non-hydrogen) atoms. The van der Waals surface area contributed by atoms with Crippen molar-refractivity contribution < 1.29 is 0 Å². The van der Waals surface area contributed by atoms with Crippen LogP contribution in [0, 0.1) is 12.3 Å². The highest BCUT2D eigenvalue weighted by molar-refractivity contribution is 7.99. The first-order valence-corrected chi connectivity index (χ1v) is 11.3. The van der Waals surface area contributed by atoms with Gasteiger partial charge in [-0.2, -0.15) is 0 Å². The number of nitrogens with two attached hydrogens (primary N) is 1. The number of hydrogen-bond donors (Lipinski definition) is 1. The molecule has 1 atom stereocenters. The molecule has 3 aromatic rings. The Morgan fingerprint density at radius 1 is 1.13 bits per heavy atom. The molecule has 154 valence electrons. The quantitative estimate of drug-likeness (QED) is 0.655. The number of benzene rings is 1. The molecular weight excluding hydrogens is 416 g/mol. The van der Waals surface area contributed by atoms with Crippen molar-refractivity contribution in [3.63, 3.8) is 0 Å². The highest BCUT2D eigenvalue weighted by Crippen LogP contribution is 2.50. The summed E-state index contributed by atoms with van der Waals surface area (Å²) in [5.41, 5.74) is 10.3. The Morgan fingerprint density at radius 2 is 1.93 bits per heavy atom. The van der Waals surface area contributed by atoms with Crippen molar-refractivity contribution in [1.29, 1.82) is 0 Å². The van der Waals surface area contributed by atoms with E-state index in [0.717, 1.165) is 42.9 Å². The van der Waals surface area contributed by atoms with Gasteiger partial charge in [0.1, 0.15) is 5.03 Å². The van der Waals surface area contributed by atoms with Gasteiger partial charge >= 0.3 is 0 Å². The maximum atomic E-state index is 6.68. The molecule has 2 N–H and O–H groups in total. The molecule has 0 saturated carbocycles. The Labute approximate surface area is 185 Å². The summed E-state index contributed by atoms with van der Waals surface area (Å²) in [5.74, 6) is 0.676. The fraction of sp³-hybridized carbons (Fsp3) is 0.364. The van der Waals surface area contributed by atoms with E-state index in [9.17, 15) is 0 Å². The minimum absolute atomic E-state index is 0.113. The topological polar surface area (TPSA) is 80.8 Å². The summed E-state index contributed by atoms with van der Waals surface area (Å²) in [7, 11) is 0. The molecule has 2 aromatic heterocycles. The lowest BCUT2D eigenvalue weighted by Crippen LogP contribution is -2.45. The van der Waals surface area contributed by atoms with Gasteiger partial charge in [0.2, 0.25) is 5.95 Å². The van der Waals surface area contributed by atoms with E-state index >= 15 is 0 Å². The third-order valence-electron chi connectivity index (χ3n) is 6.41. The van der Waals surface area contributed by atoms with E-state index in [4.69, 9.17) is 17.3 Å². The molecule has 1 spiro atoms. The Morgan fingerprint density at radius 3 is 2.67 bits per heavy atom. The largest absolute Gasteiger partial charge is 0.339 e. The average Bonchev–Trinajstić information content (AvgIpc) is 3.04. The summed E-state index contributed by atoms with van der Waals surface area (Å²) in [6.45, 7) is 3.67. The van der Waals surface area contributed by atoms with Crippen molar-refractivity contribution in [3.05, 3.63) is 64.6 Å². The van der Waals surface area contributed by atoms with Gasteiger partial charge in [-0.1, -0.05) is 47.6 Å². The van der Waals surface area contributed by atoms with Gasteiger partial charge in [-0.25, -0.2) is 4.98 Å². The highest BCUT2D eigenvalue weighted by Gasteiger charge is 2.46. The molecule has 2 aliphatic rings. The number of anilines is 1. The molecule has 8 heteroatoms. The number of nitrogens with zero attached hydrogens (tertiary/aromatic N) is 5. The zero-order valence-electron chi connectivity index (χ0n) is 16.8. The number of rotatable bonds is 3. The van der Waals surface area contributed by atoms with Gasteiger partial charge in [-0.15, -0.1) is 10.2 Å². The van der Waals surface area contributed by atoms with Crippen molar-refractivity contribution in [2.24, 2.45) is 11.1 Å². The molecule has 1 fully saturated rings. The summed E-state index contributed by atoms with van der Waals surface area (Å²) in [5, 5.41) is 10.1. The maximum absolute atomic E-state index is 6.68. The molecule has 0 amide bonds. The zero-order valence-corrected chi connectivity index (χ0v) is 18.3. The molecule has 0 radical (unpaired) electrons. The van der Waals surface area contributed by atoms with E-state index < -0.39 is 0 Å². The molecule has 1 aromatic carbocycles. The summed E-state index contributed by atoms with van der Waals surface area (Å²) in [6.07, 6.45) is 6.65. The minimum atomic E-state index is 0.113. The van der Waals surface area contributed by atoms with Gasteiger partial charge in [0, 0.05) is 30.2 Å². The van der Waals surface area contributed by atoms with Crippen LogP contribution in [0.5, 0.6) is 0 Å². The van der Waals surface area contributed by atoms with Crippen LogP contribution >= 0.6 is 23.4 Å². The van der Waals surface area contributed by atoms with E-state index in [1.807, 2.05) is 13.0 Å². The Kier molecular flexibility index (Phi) is 5.13. The van der Waals surface area contributed by atoms with Crippen LogP contribution in [-0.4, -0.2) is 33.3 Å². The van der Waals surface area contributed by atoms with Crippen molar-refractivity contribution in [1.82, 2.24) is 20.2 Å². The van der Waals surface area contributed by atoms with Gasteiger partial charge in [0.25, 0.3) is 0 Å². The van der Waals surface area contributed by atoms with Crippen LogP contribution in [0.25, 0.3) is 0 Å². The fourth-order valence-electron chi connectivity index (χ4n) is 4.62. The van der Waals surface area contributed by atoms with E-state index in [1.54, 1.807) is 12.4 Å². The van der Waals surface area contributed by atoms with Crippen LogP contribution in [0.15, 0.2) is 52.6 Å². The Bertz CT molecular complexity index is 1070. The van der Waals surface area contributed by atoms with Crippen LogP contribution in [0.3, 0.4) is 0 Å².